The topological polar surface area (TPSA) is 137 Å². The van der Waals surface area contributed by atoms with Crippen LogP contribution in [0.3, 0.4) is 0 Å². The molecule has 0 N–H and O–H groups in total. The van der Waals surface area contributed by atoms with Crippen LogP contribution in [-0.2, 0) is 21.6 Å². The van der Waals surface area contributed by atoms with Gasteiger partial charge in [0.05, 0.1) is 6.54 Å². The van der Waals surface area contributed by atoms with Gasteiger partial charge in [-0.25, -0.2) is 0 Å². The number of hydrogen-bond acceptors (Lipinski definition) is 5. The monoisotopic (exact) mass is 469 g/mol. The third-order valence-corrected chi connectivity index (χ3v) is 4.00. The molecule has 31 heavy (non-hydrogen) atoms. The van der Waals surface area contributed by atoms with E-state index in [1.54, 1.807) is 12.3 Å². The summed E-state index contributed by atoms with van der Waals surface area (Å²) in [4.78, 5) is 18.2. The Morgan fingerprint density at radius 1 is 1.13 bits per heavy atom. The van der Waals surface area contributed by atoms with Gasteiger partial charge in [-0.1, -0.05) is 62.9 Å². The molecule has 0 aliphatic rings. The summed E-state index contributed by atoms with van der Waals surface area (Å²) in [6, 6.07) is 11.4. The van der Waals surface area contributed by atoms with Gasteiger partial charge < -0.3 is 26.2 Å². The Morgan fingerprint density at radius 2 is 1.71 bits per heavy atom. The van der Waals surface area contributed by atoms with Crippen molar-refractivity contribution in [3.05, 3.63) is 69.8 Å². The van der Waals surface area contributed by atoms with Crippen LogP contribution >= 0.6 is 0 Å². The zero-order valence-electron chi connectivity index (χ0n) is 18.2. The summed E-state index contributed by atoms with van der Waals surface area (Å²) in [7, 11) is 0. The number of benzene rings is 2. The molecule has 0 aliphatic heterocycles. The number of likely N-dealkylation sites (N-methyl/N-ethyl adjacent to an activating group) is 1. The maximum absolute atomic E-state index is 12.0. The third kappa shape index (κ3) is 13.1. The molecule has 168 valence electrons. The number of aliphatic imine (C=N–C) groups is 1. The molecule has 0 atom stereocenters. The molecule has 0 spiro atoms. The van der Waals surface area contributed by atoms with E-state index in [2.05, 4.69) is 23.7 Å². The fourth-order valence-electron chi connectivity index (χ4n) is 2.59. The SMILES string of the molecule is CC(=O)/C=C(/C)[O-].CCN(CC)CCN=Cc1c([O-])ccc2ccccc12.[Co+3].[N-]=[N+]=[N-]. The fraction of sp³-hybridized carbons (Fsp3) is 0.364. The first-order valence-corrected chi connectivity index (χ1v) is 9.55. The summed E-state index contributed by atoms with van der Waals surface area (Å²) in [6.07, 6.45) is 2.79. The minimum atomic E-state index is -0.187. The van der Waals surface area contributed by atoms with Gasteiger partial charge in [0.25, 0.3) is 0 Å². The van der Waals surface area contributed by atoms with Gasteiger partial charge in [0.2, 0.25) is 0 Å². The average Bonchev–Trinajstić information content (AvgIpc) is 2.69. The summed E-state index contributed by atoms with van der Waals surface area (Å²) < 4.78 is 0. The van der Waals surface area contributed by atoms with Gasteiger partial charge in [-0.15, -0.1) is 5.76 Å². The standard InChI is InChI=1S/C17H22N2O.C5H8O2.Co.N3/c1-3-19(4-2)12-11-18-13-16-15-8-6-5-7-14(15)9-10-17(16)20;1-4(6)3-5(2)7;;1-3-2/h5-10,13,20H,3-4,11-12H2,1-2H3;3,6H,1-2H3;;/q;;+3;-1/p-2/b;4-3-;;. The predicted octanol–water partition coefficient (Wildman–Crippen LogP) is 3.38. The Kier molecular flexibility index (Phi) is 17.6. The number of fused-ring (bicyclic) bond motifs is 1. The Hall–Kier alpha value is -2.84. The molecule has 2 rings (SSSR count). The van der Waals surface area contributed by atoms with Crippen molar-refractivity contribution in [1.82, 2.24) is 4.90 Å². The third-order valence-electron chi connectivity index (χ3n) is 4.00. The van der Waals surface area contributed by atoms with Gasteiger partial charge in [-0.3, -0.25) is 14.7 Å². The second-order valence-electron chi connectivity index (χ2n) is 6.22. The van der Waals surface area contributed by atoms with E-state index in [1.165, 1.54) is 18.8 Å². The van der Waals surface area contributed by atoms with Crippen molar-refractivity contribution in [1.29, 1.82) is 0 Å². The summed E-state index contributed by atoms with van der Waals surface area (Å²) in [6.45, 7) is 10.7. The van der Waals surface area contributed by atoms with Crippen molar-refractivity contribution >= 4 is 22.8 Å². The second-order valence-corrected chi connectivity index (χ2v) is 6.22. The van der Waals surface area contributed by atoms with Crippen LogP contribution in [0.5, 0.6) is 5.75 Å². The smallest absolute Gasteiger partial charge is 0.876 e. The zero-order valence-corrected chi connectivity index (χ0v) is 19.3. The van der Waals surface area contributed by atoms with Gasteiger partial charge in [0, 0.05) is 12.8 Å². The quantitative estimate of drug-likeness (QED) is 0.153. The van der Waals surface area contributed by atoms with Gasteiger partial charge in [0.15, 0.2) is 5.78 Å². The van der Waals surface area contributed by atoms with Crippen LogP contribution in [0, 0.1) is 0 Å². The van der Waals surface area contributed by atoms with Crippen molar-refractivity contribution in [2.75, 3.05) is 26.2 Å². The van der Waals surface area contributed by atoms with Crippen LogP contribution < -0.4 is 10.2 Å². The maximum atomic E-state index is 12.0. The number of nitrogens with zero attached hydrogens (tertiary/aromatic N) is 5. The van der Waals surface area contributed by atoms with Crippen molar-refractivity contribution in [2.45, 2.75) is 27.7 Å². The molecular formula is C22H28CoN5O3. The first-order chi connectivity index (χ1) is 14.3. The van der Waals surface area contributed by atoms with Crippen LogP contribution in [0.2, 0.25) is 0 Å². The number of ketones is 1. The molecular weight excluding hydrogens is 441 g/mol. The summed E-state index contributed by atoms with van der Waals surface area (Å²) >= 11 is 0. The van der Waals surface area contributed by atoms with Crippen molar-refractivity contribution < 1.29 is 31.8 Å². The summed E-state index contributed by atoms with van der Waals surface area (Å²) in [5.41, 5.74) is 14.2. The van der Waals surface area contributed by atoms with E-state index in [0.717, 1.165) is 43.0 Å². The summed E-state index contributed by atoms with van der Waals surface area (Å²) in [5, 5.41) is 24.0. The second kappa shape index (κ2) is 18.0. The molecule has 0 aromatic heterocycles. The molecule has 0 heterocycles. The molecule has 0 saturated carbocycles. The fourth-order valence-corrected chi connectivity index (χ4v) is 2.59. The minimum Gasteiger partial charge on any atom is -0.876 e. The van der Waals surface area contributed by atoms with Gasteiger partial charge in [-0.05, 0) is 42.4 Å². The molecule has 0 saturated heterocycles. The average molecular weight is 469 g/mol. The van der Waals surface area contributed by atoms with Gasteiger partial charge >= 0.3 is 16.8 Å². The van der Waals surface area contributed by atoms with E-state index >= 15 is 0 Å². The van der Waals surface area contributed by atoms with Gasteiger partial charge in [0.1, 0.15) is 0 Å². The zero-order chi connectivity index (χ0) is 22.9. The molecule has 0 fully saturated rings. The van der Waals surface area contributed by atoms with Gasteiger partial charge in [-0.2, -0.15) is 0 Å². The van der Waals surface area contributed by atoms with E-state index in [0.29, 0.717) is 5.56 Å². The molecule has 8 nitrogen and oxygen atoms in total. The molecule has 0 bridgehead atoms. The number of carbonyl (C=O) groups excluding carboxylic acids is 1. The number of hydrogen-bond donors (Lipinski definition) is 0. The first-order valence-electron chi connectivity index (χ1n) is 9.55. The number of allylic oxidation sites excluding steroid dienone is 2. The van der Waals surface area contributed by atoms with E-state index < -0.39 is 0 Å². The van der Waals surface area contributed by atoms with Crippen LogP contribution in [0.4, 0.5) is 0 Å². The molecule has 2 aromatic carbocycles. The molecule has 0 aliphatic carbocycles. The predicted molar refractivity (Wildman–Crippen MR) is 118 cm³/mol. The van der Waals surface area contributed by atoms with Crippen LogP contribution in [0.25, 0.3) is 26.7 Å². The maximum Gasteiger partial charge on any atom is 3.00 e. The van der Waals surface area contributed by atoms with E-state index in [1.807, 2.05) is 30.3 Å². The molecule has 0 unspecified atom stereocenters. The molecule has 0 amide bonds. The first kappa shape index (κ1) is 30.4. The Balaban J connectivity index is 0. The Labute approximate surface area is 193 Å². The summed E-state index contributed by atoms with van der Waals surface area (Å²) in [5.74, 6) is -0.338. The molecule has 0 radical (unpaired) electrons. The van der Waals surface area contributed by atoms with E-state index in [4.69, 9.17) is 11.1 Å². The number of carbonyl (C=O) groups is 1. The largest absolute Gasteiger partial charge is 3.00 e. The van der Waals surface area contributed by atoms with Crippen LogP contribution in [-0.4, -0.2) is 43.1 Å². The molecule has 2 aromatic rings. The van der Waals surface area contributed by atoms with Crippen molar-refractivity contribution in [3.8, 4) is 5.75 Å². The normalized spacial score (nSPS) is 10.4. The van der Waals surface area contributed by atoms with Crippen molar-refractivity contribution in [2.24, 2.45) is 4.99 Å². The Morgan fingerprint density at radius 3 is 2.19 bits per heavy atom. The van der Waals surface area contributed by atoms with Crippen LogP contribution in [0.15, 0.2) is 53.2 Å². The molecule has 9 heteroatoms. The Bertz CT molecular complexity index is 886. The minimum absolute atomic E-state index is 0. The van der Waals surface area contributed by atoms with E-state index in [9.17, 15) is 15.0 Å². The number of rotatable bonds is 7. The van der Waals surface area contributed by atoms with E-state index in [-0.39, 0.29) is 34.1 Å². The van der Waals surface area contributed by atoms with Crippen LogP contribution in [0.1, 0.15) is 33.3 Å². The van der Waals surface area contributed by atoms with Crippen molar-refractivity contribution in [3.63, 3.8) is 0 Å².